The van der Waals surface area contributed by atoms with Crippen LogP contribution in [-0.4, -0.2) is 222 Å². The van der Waals surface area contributed by atoms with Gasteiger partial charge in [-0.1, -0.05) is 25.8 Å². The number of benzene rings is 6. The van der Waals surface area contributed by atoms with Gasteiger partial charge in [0.05, 0.1) is 78.0 Å². The molecule has 0 aliphatic carbocycles. The SMILES string of the molecule is CC(C)(C)OC(=O)N1CC(/C(=N\O)c2ccc(F)cc2F)C1.CC(C)(C)OC(=O)N1CC(C(=O)c2ccc(F)cc2F)C1.CC(C)(C)OC(=O)N1CC(c2noc3cc(F)ccc23)C1.COCc1nnc(N2CC(c3noc4cc(F)ccc34)C2)n1-c1ccc(OC)nc1.COc1ccc(NC(=S)N2CC(c3noc4cc(F)ccc34)C2)cn1.Cl.Fc1ccc2c(C3CNC3)noc2c1. The molecule has 0 radical (unpaired) electrons. The van der Waals surface area contributed by atoms with Gasteiger partial charge in [0, 0.05) is 191 Å². The number of amides is 3. The highest BCUT2D eigenvalue weighted by Gasteiger charge is 2.43. The fourth-order valence-electron chi connectivity index (χ4n) is 14.8. The number of methoxy groups -OCH3 is 3. The van der Waals surface area contributed by atoms with Crippen LogP contribution in [0.4, 0.5) is 61.1 Å². The minimum absolute atomic E-state index is 0. The van der Waals surface area contributed by atoms with E-state index in [2.05, 4.69) is 61.5 Å². The lowest BCUT2D eigenvalue weighted by Gasteiger charge is -2.40. The lowest BCUT2D eigenvalue weighted by atomic mass is 9.90. The zero-order valence-electron chi connectivity index (χ0n) is 74.7. The highest BCUT2D eigenvalue weighted by molar-refractivity contribution is 7.80. The van der Waals surface area contributed by atoms with Gasteiger partial charge in [-0.3, -0.25) is 9.36 Å². The van der Waals surface area contributed by atoms with Crippen molar-refractivity contribution in [2.75, 3.05) is 110 Å². The van der Waals surface area contributed by atoms with E-state index in [1.54, 1.807) is 117 Å². The Balaban J connectivity index is 0.000000138. The molecule has 0 bridgehead atoms. The number of oxime groups is 1. The Kier molecular flexibility index (Phi) is 30.4. The Morgan fingerprint density at radius 2 is 0.851 bits per heavy atom. The molecule has 0 unspecified atom stereocenters. The largest absolute Gasteiger partial charge is 0.481 e. The Hall–Kier alpha value is -13.7. The van der Waals surface area contributed by atoms with E-state index >= 15 is 0 Å². The number of nitrogens with one attached hydrogen (secondary N) is 2. The van der Waals surface area contributed by atoms with Crippen LogP contribution in [0.25, 0.3) is 49.6 Å². The van der Waals surface area contributed by atoms with Crippen LogP contribution in [-0.2, 0) is 25.6 Å². The average molecular weight is 1900 g/mol. The van der Waals surface area contributed by atoms with Crippen LogP contribution in [0, 0.1) is 58.4 Å². The second-order valence-corrected chi connectivity index (χ2v) is 35.4. The Bertz CT molecular complexity index is 6390. The summed E-state index contributed by atoms with van der Waals surface area (Å²) >= 11 is 5.43. The van der Waals surface area contributed by atoms with Crippen molar-refractivity contribution < 1.29 is 106 Å². The topological polar surface area (TPSA) is 357 Å². The number of hydrogen-bond acceptors (Lipinski definition) is 27. The number of nitrogens with zero attached hydrogens (tertiary/aromatic N) is 15. The maximum atomic E-state index is 13.7. The minimum atomic E-state index is -0.879. The third kappa shape index (κ3) is 23.5. The minimum Gasteiger partial charge on any atom is -0.481 e. The van der Waals surface area contributed by atoms with Crippen LogP contribution >= 0.6 is 24.6 Å². The smallest absolute Gasteiger partial charge is 0.410 e. The van der Waals surface area contributed by atoms with E-state index in [0.29, 0.717) is 95.7 Å². The molecule has 6 saturated heterocycles. The highest BCUT2D eigenvalue weighted by Crippen LogP contribution is 2.39. The first kappa shape index (κ1) is 97.8. The normalized spacial score (nSPS) is 15.3. The number of thiocarbonyl (C=S) groups is 1. The number of carbonyl (C=O) groups is 4. The van der Waals surface area contributed by atoms with E-state index in [1.165, 1.54) is 64.4 Å². The van der Waals surface area contributed by atoms with Crippen molar-refractivity contribution in [3.05, 3.63) is 232 Å². The predicted octanol–water partition coefficient (Wildman–Crippen LogP) is 17.3. The van der Waals surface area contributed by atoms with Crippen LogP contribution in [0.3, 0.4) is 0 Å². The molecule has 6 aliphatic rings. The number of ketones is 1. The molecule has 6 aliphatic heterocycles. The first-order valence-electron chi connectivity index (χ1n) is 42.1. The van der Waals surface area contributed by atoms with Crippen molar-refractivity contribution in [1.82, 2.24) is 70.3 Å². The molecule has 134 heavy (non-hydrogen) atoms. The summed E-state index contributed by atoms with van der Waals surface area (Å²) in [4.78, 5) is 64.5. The zero-order chi connectivity index (χ0) is 95.1. The fraction of sp³-hybridized carbons (Fsp3) is 0.370. The maximum absolute atomic E-state index is 13.7. The van der Waals surface area contributed by atoms with E-state index in [4.69, 9.17) is 63.9 Å². The number of anilines is 2. The molecule has 42 heteroatoms. The van der Waals surface area contributed by atoms with Gasteiger partial charge in [0.25, 0.3) is 0 Å². The van der Waals surface area contributed by atoms with Crippen LogP contribution in [0.15, 0.2) is 169 Å². The van der Waals surface area contributed by atoms with E-state index in [1.807, 2.05) is 42.4 Å². The van der Waals surface area contributed by atoms with Crippen molar-refractivity contribution in [1.29, 1.82) is 0 Å². The summed E-state index contributed by atoms with van der Waals surface area (Å²) in [6.07, 6.45) is 2.09. The summed E-state index contributed by atoms with van der Waals surface area (Å²) in [7, 11) is 4.76. The molecule has 6 fully saturated rings. The molecular weight excluding hydrogens is 1800 g/mol. The summed E-state index contributed by atoms with van der Waals surface area (Å²) in [6.45, 7) is 23.0. The fourth-order valence-corrected chi connectivity index (χ4v) is 15.0. The number of rotatable bonds is 15. The molecule has 0 spiro atoms. The Morgan fingerprint density at radius 1 is 0.470 bits per heavy atom. The molecule has 7 aromatic heterocycles. The van der Waals surface area contributed by atoms with Gasteiger partial charge < -0.3 is 86.9 Å². The molecule has 708 valence electrons. The van der Waals surface area contributed by atoms with Gasteiger partial charge in [0.1, 0.15) is 69.9 Å². The molecule has 0 atom stereocenters. The summed E-state index contributed by atoms with van der Waals surface area (Å²) in [5.74, 6) is -2.31. The second kappa shape index (κ2) is 41.6. The molecule has 3 N–H and O–H groups in total. The van der Waals surface area contributed by atoms with Crippen LogP contribution in [0.2, 0.25) is 0 Å². The van der Waals surface area contributed by atoms with Crippen molar-refractivity contribution in [2.24, 2.45) is 17.0 Å². The predicted molar refractivity (Wildman–Crippen MR) is 480 cm³/mol. The first-order valence-corrected chi connectivity index (χ1v) is 42.5. The van der Waals surface area contributed by atoms with Gasteiger partial charge in [0.15, 0.2) is 39.1 Å². The number of likely N-dealkylation sites (tertiary alicyclic amines) is 4. The summed E-state index contributed by atoms with van der Waals surface area (Å²) in [6, 6.07) is 31.1. The summed E-state index contributed by atoms with van der Waals surface area (Å²) in [5, 5.41) is 47.5. The lowest BCUT2D eigenvalue weighted by molar-refractivity contribution is 0.00108. The van der Waals surface area contributed by atoms with E-state index in [0.717, 1.165) is 106 Å². The third-order valence-corrected chi connectivity index (χ3v) is 22.1. The van der Waals surface area contributed by atoms with E-state index < -0.39 is 64.0 Å². The first-order chi connectivity index (χ1) is 63.4. The molecular formula is C92H96ClF8N17O15S. The molecule has 3 amide bonds. The highest BCUT2D eigenvalue weighted by atomic mass is 35.5. The van der Waals surface area contributed by atoms with Gasteiger partial charge in [-0.2, -0.15) is 0 Å². The summed E-state index contributed by atoms with van der Waals surface area (Å²) < 4.78 is 159. The Labute approximate surface area is 773 Å². The van der Waals surface area contributed by atoms with Gasteiger partial charge >= 0.3 is 18.3 Å². The summed E-state index contributed by atoms with van der Waals surface area (Å²) in [5.41, 5.74) is 5.17. The monoisotopic (exact) mass is 1900 g/mol. The standard InChI is InChI=1S/C20H19FN6O3.C17H15FN4O2S.C15H18F2N2O3.C15H17F2NO3.C15H17FN2O3.C10H9FN2O.ClH/c1-28-11-17-23-24-20(27(17)14-4-6-18(29-2)22-8-14)26-9-12(10-26)19-15-5-3-13(21)7-16(15)30-25-19;1-23-15-5-3-12(7-19-15)20-17(25)22-8-10(9-22)16-13-4-2-11(18)6-14(13)24-21-16;1-15(2,3)22-14(20)19-7-9(8-19)13(18-21)11-5-4-10(16)6-12(11)17;1-15(2,3)21-14(20)18-7-9(8-18)13(19)11-5-4-10(16)6-12(11)17;1-15(2,3)20-14(19)18-7-9(8-18)13-11-5-4-10(16)6-12(11)21-17-13;11-7-1-2-8-9(3-7)14-13-10(8)6-4-12-5-6;/h3-8,12H,9-11H2,1-2H3;2-7,10H,8-9H2,1H3,(H,20,25);4-6,9,21H,7-8H2,1-3H3;2*4-6,9H,7-8H2,1-3H3;1-3,6,12H,4-5H2;1H/b;;18-13+;;;;. The number of aromatic nitrogens is 9. The number of Topliss-reactive ketones (excluding diaryl/α,β-unsaturated/α-hetero) is 1. The van der Waals surface area contributed by atoms with Crippen molar-refractivity contribution in [3.63, 3.8) is 0 Å². The number of carbonyl (C=O) groups excluding carboxylic acids is 4. The van der Waals surface area contributed by atoms with Gasteiger partial charge in [-0.25, -0.2) is 59.5 Å². The maximum Gasteiger partial charge on any atom is 0.410 e. The van der Waals surface area contributed by atoms with E-state index in [9.17, 15) is 54.3 Å². The van der Waals surface area contributed by atoms with E-state index in [-0.39, 0.29) is 108 Å². The van der Waals surface area contributed by atoms with Crippen molar-refractivity contribution in [3.8, 4) is 17.4 Å². The molecule has 13 aromatic rings. The molecule has 13 heterocycles. The van der Waals surface area contributed by atoms with Crippen LogP contribution < -0.4 is 25.0 Å². The van der Waals surface area contributed by atoms with Gasteiger partial charge in [0.2, 0.25) is 17.7 Å². The average Bonchev–Trinajstić information content (AvgIpc) is 1.62. The quantitative estimate of drug-likeness (QED) is 0.0163. The number of ether oxygens (including phenoxy) is 6. The molecule has 32 nitrogen and oxygen atoms in total. The number of halogens is 9. The zero-order valence-corrected chi connectivity index (χ0v) is 76.4. The number of pyridine rings is 2. The van der Waals surface area contributed by atoms with Crippen molar-refractivity contribution >= 4 is 115 Å². The van der Waals surface area contributed by atoms with Gasteiger partial charge in [-0.15, -0.1) is 22.6 Å². The molecule has 6 aromatic carbocycles. The van der Waals surface area contributed by atoms with Gasteiger partial charge in [-0.05, 0) is 159 Å². The molecule has 0 saturated carbocycles. The number of fused-ring (bicyclic) bond motifs is 4. The Morgan fingerprint density at radius 3 is 1.22 bits per heavy atom. The number of hydrogen-bond donors (Lipinski definition) is 3. The van der Waals surface area contributed by atoms with Crippen LogP contribution in [0.1, 0.15) is 131 Å². The lowest BCUT2D eigenvalue weighted by Crippen LogP contribution is -2.54. The van der Waals surface area contributed by atoms with Crippen molar-refractivity contribution in [2.45, 2.75) is 109 Å². The molecule has 19 rings (SSSR count). The second-order valence-electron chi connectivity index (χ2n) is 35.0. The third-order valence-electron chi connectivity index (χ3n) is 21.7. The van der Waals surface area contributed by atoms with Crippen LogP contribution in [0.5, 0.6) is 11.8 Å².